The first-order valence-corrected chi connectivity index (χ1v) is 12.6. The molecule has 0 saturated carbocycles. The van der Waals surface area contributed by atoms with E-state index in [1.165, 1.54) is 12.1 Å². The maximum absolute atomic E-state index is 13.4. The summed E-state index contributed by atoms with van der Waals surface area (Å²) in [7, 11) is -3.67. The van der Waals surface area contributed by atoms with Crippen molar-refractivity contribution in [2.75, 3.05) is 11.9 Å². The normalized spacial score (nSPS) is 12.8. The summed E-state index contributed by atoms with van der Waals surface area (Å²) in [5.74, 6) is -0.299. The highest BCUT2D eigenvalue weighted by molar-refractivity contribution is 7.89. The molecule has 178 valence electrons. The van der Waals surface area contributed by atoms with Gasteiger partial charge in [0.25, 0.3) is 0 Å². The summed E-state index contributed by atoms with van der Waals surface area (Å²) in [6, 6.07) is 15.4. The highest BCUT2D eigenvalue weighted by atomic mass is 32.2. The summed E-state index contributed by atoms with van der Waals surface area (Å²) < 4.78 is 44.1. The zero-order valence-electron chi connectivity index (χ0n) is 20.0. The lowest BCUT2D eigenvalue weighted by Gasteiger charge is -2.19. The maximum Gasteiger partial charge on any atom is 0.241 e. The topological polar surface area (TPSA) is 76.0 Å². The first-order valence-electron chi connectivity index (χ1n) is 11.1. The van der Waals surface area contributed by atoms with Gasteiger partial charge >= 0.3 is 0 Å². The van der Waals surface area contributed by atoms with Crippen molar-refractivity contribution in [3.63, 3.8) is 0 Å². The van der Waals surface area contributed by atoms with Crippen LogP contribution in [0.1, 0.15) is 29.3 Å². The van der Waals surface area contributed by atoms with E-state index < -0.39 is 10.0 Å². The number of hydrogen-bond donors (Lipinski definition) is 2. The van der Waals surface area contributed by atoms with E-state index in [0.717, 1.165) is 44.7 Å². The van der Waals surface area contributed by atoms with E-state index in [0.29, 0.717) is 11.4 Å². The molecule has 0 saturated heterocycles. The van der Waals surface area contributed by atoms with Gasteiger partial charge in [-0.15, -0.1) is 0 Å². The van der Waals surface area contributed by atoms with Crippen molar-refractivity contribution in [1.29, 1.82) is 0 Å². The Morgan fingerprint density at radius 3 is 2.29 bits per heavy atom. The van der Waals surface area contributed by atoms with Gasteiger partial charge in [-0.3, -0.25) is 0 Å². The molecule has 0 aliphatic carbocycles. The predicted octanol–water partition coefficient (Wildman–Crippen LogP) is 5.18. The van der Waals surface area contributed by atoms with E-state index in [1.54, 1.807) is 16.8 Å². The van der Waals surface area contributed by atoms with Crippen LogP contribution in [0.3, 0.4) is 0 Å². The van der Waals surface area contributed by atoms with Crippen molar-refractivity contribution >= 4 is 26.6 Å². The number of halogens is 1. The monoisotopic (exact) mass is 480 g/mol. The predicted molar refractivity (Wildman–Crippen MR) is 135 cm³/mol. The van der Waals surface area contributed by atoms with Gasteiger partial charge in [0, 0.05) is 23.7 Å². The number of hydrogen-bond acceptors (Lipinski definition) is 4. The number of benzene rings is 3. The minimum atomic E-state index is -3.67. The molecule has 6 nitrogen and oxygen atoms in total. The Balaban J connectivity index is 1.55. The van der Waals surface area contributed by atoms with Gasteiger partial charge in [-0.25, -0.2) is 22.2 Å². The second-order valence-corrected chi connectivity index (χ2v) is 10.5. The lowest BCUT2D eigenvalue weighted by molar-refractivity contribution is 0.564. The van der Waals surface area contributed by atoms with E-state index >= 15 is 0 Å². The molecule has 1 atom stereocenters. The van der Waals surface area contributed by atoms with Crippen molar-refractivity contribution in [2.24, 2.45) is 0 Å². The van der Waals surface area contributed by atoms with Crippen molar-refractivity contribution in [3.05, 3.63) is 82.8 Å². The molecule has 0 fully saturated rings. The molecule has 0 amide bonds. The molecular weight excluding hydrogens is 451 g/mol. The van der Waals surface area contributed by atoms with E-state index in [9.17, 15) is 12.8 Å². The van der Waals surface area contributed by atoms with Crippen LogP contribution in [0.4, 0.5) is 10.1 Å². The average Bonchev–Trinajstić information content (AvgIpc) is 3.08. The van der Waals surface area contributed by atoms with Crippen LogP contribution in [-0.4, -0.2) is 30.8 Å². The molecule has 0 unspecified atom stereocenters. The smallest absolute Gasteiger partial charge is 0.241 e. The number of rotatable bonds is 7. The van der Waals surface area contributed by atoms with Gasteiger partial charge in [-0.1, -0.05) is 23.8 Å². The first kappa shape index (κ1) is 23.9. The number of aryl methyl sites for hydroxylation is 4. The third kappa shape index (κ3) is 4.69. The summed E-state index contributed by atoms with van der Waals surface area (Å²) in [5, 5.41) is 8.96. The number of aromatic nitrogens is 2. The van der Waals surface area contributed by atoms with Crippen LogP contribution >= 0.6 is 0 Å². The Kier molecular flexibility index (Phi) is 6.47. The van der Waals surface area contributed by atoms with Crippen molar-refractivity contribution < 1.29 is 12.8 Å². The Morgan fingerprint density at radius 1 is 1.00 bits per heavy atom. The lowest BCUT2D eigenvalue weighted by atomic mass is 10.1. The second-order valence-electron chi connectivity index (χ2n) is 8.80. The zero-order chi connectivity index (χ0) is 24.6. The average molecular weight is 481 g/mol. The minimum absolute atomic E-state index is 0.299. The van der Waals surface area contributed by atoms with Gasteiger partial charge in [-0.05, 0) is 82.1 Å². The minimum Gasteiger partial charge on any atom is -0.383 e. The molecule has 0 spiro atoms. The first-order chi connectivity index (χ1) is 16.1. The molecule has 4 aromatic rings. The van der Waals surface area contributed by atoms with Crippen LogP contribution in [0.25, 0.3) is 16.6 Å². The fourth-order valence-electron chi connectivity index (χ4n) is 4.50. The number of nitrogens with zero attached hydrogens (tertiary/aromatic N) is 2. The lowest BCUT2D eigenvalue weighted by Crippen LogP contribution is -2.38. The second kappa shape index (κ2) is 9.19. The Bertz CT molecular complexity index is 1440. The maximum atomic E-state index is 13.4. The van der Waals surface area contributed by atoms with E-state index in [2.05, 4.69) is 15.1 Å². The quantitative estimate of drug-likeness (QED) is 0.382. The van der Waals surface area contributed by atoms with Gasteiger partial charge < -0.3 is 5.32 Å². The molecule has 1 heterocycles. The molecule has 4 rings (SSSR count). The summed E-state index contributed by atoms with van der Waals surface area (Å²) in [5.41, 5.74) is 5.83. The van der Waals surface area contributed by atoms with Gasteiger partial charge in [0.1, 0.15) is 5.82 Å². The van der Waals surface area contributed by atoms with Crippen LogP contribution < -0.4 is 10.0 Å². The molecule has 34 heavy (non-hydrogen) atoms. The van der Waals surface area contributed by atoms with Crippen LogP contribution in [0.15, 0.2) is 59.5 Å². The number of fused-ring (bicyclic) bond motifs is 1. The van der Waals surface area contributed by atoms with Crippen LogP contribution in [0, 0.1) is 33.5 Å². The number of nitrogens with one attached hydrogen (secondary N) is 2. The third-order valence-electron chi connectivity index (χ3n) is 5.78. The Labute approximate surface area is 199 Å². The summed E-state index contributed by atoms with van der Waals surface area (Å²) in [6.07, 6.45) is 0. The molecule has 0 bridgehead atoms. The van der Waals surface area contributed by atoms with Crippen molar-refractivity contribution in [1.82, 2.24) is 14.5 Å². The SMILES string of the molecule is Cc1cc(C)c(S(=O)(=O)N[C@@H](C)CNc2cccc3c2c(C)nn3-c2ccc(F)cc2)c(C)c1. The highest BCUT2D eigenvalue weighted by Crippen LogP contribution is 2.29. The zero-order valence-corrected chi connectivity index (χ0v) is 20.8. The Hall–Kier alpha value is -3.23. The van der Waals surface area contributed by atoms with Gasteiger partial charge in [0.2, 0.25) is 10.0 Å². The van der Waals surface area contributed by atoms with E-state index in [-0.39, 0.29) is 11.9 Å². The summed E-state index contributed by atoms with van der Waals surface area (Å²) in [6.45, 7) is 9.74. The van der Waals surface area contributed by atoms with E-state index in [1.807, 2.05) is 65.0 Å². The van der Waals surface area contributed by atoms with E-state index in [4.69, 9.17) is 0 Å². The molecule has 0 aliphatic rings. The molecule has 8 heteroatoms. The summed E-state index contributed by atoms with van der Waals surface area (Å²) >= 11 is 0. The van der Waals surface area contributed by atoms with Crippen molar-refractivity contribution in [2.45, 2.75) is 45.6 Å². The van der Waals surface area contributed by atoms with Gasteiger partial charge in [0.15, 0.2) is 0 Å². The van der Waals surface area contributed by atoms with Gasteiger partial charge in [0.05, 0.1) is 21.8 Å². The Morgan fingerprint density at radius 2 is 1.65 bits per heavy atom. The highest BCUT2D eigenvalue weighted by Gasteiger charge is 2.22. The third-order valence-corrected chi connectivity index (χ3v) is 7.68. The largest absolute Gasteiger partial charge is 0.383 e. The molecule has 1 aromatic heterocycles. The fraction of sp³-hybridized carbons (Fsp3) is 0.269. The molecule has 3 aromatic carbocycles. The number of anilines is 1. The number of sulfonamides is 1. The van der Waals surface area contributed by atoms with Crippen molar-refractivity contribution in [3.8, 4) is 5.69 Å². The van der Waals surface area contributed by atoms with Crippen LogP contribution in [0.5, 0.6) is 0 Å². The summed E-state index contributed by atoms with van der Waals surface area (Å²) in [4.78, 5) is 0.337. The molecular formula is C26H29FN4O2S. The fourth-order valence-corrected chi connectivity index (χ4v) is 6.19. The molecule has 0 aliphatic heterocycles. The van der Waals surface area contributed by atoms with Crippen LogP contribution in [-0.2, 0) is 10.0 Å². The van der Waals surface area contributed by atoms with Gasteiger partial charge in [-0.2, -0.15) is 5.10 Å². The van der Waals surface area contributed by atoms with Crippen LogP contribution in [0.2, 0.25) is 0 Å². The molecule has 0 radical (unpaired) electrons. The molecule has 2 N–H and O–H groups in total. The standard InChI is InChI=1S/C26H29FN4O2S/c1-16-13-17(2)26(18(3)14-16)34(32,33)30-19(4)15-28-23-7-6-8-24-25(23)20(5)29-31(24)22-11-9-21(27)10-12-22/h6-14,19,28,30H,15H2,1-5H3/t19-/m0/s1.